The number of rotatable bonds is 15. The number of carboxylic acids is 1. The van der Waals surface area contributed by atoms with E-state index in [1.54, 1.807) is 0 Å². The van der Waals surface area contributed by atoms with Crippen LogP contribution in [0.25, 0.3) is 0 Å². The van der Waals surface area contributed by atoms with Crippen LogP contribution < -0.4 is 21.7 Å². The van der Waals surface area contributed by atoms with Crippen LogP contribution in [0.1, 0.15) is 32.4 Å². The second-order valence-corrected chi connectivity index (χ2v) is 8.99. The number of aliphatic carboxylic acids is 1. The number of aliphatic hydroxyl groups is 1. The number of aliphatic hydroxyl groups excluding tert-OH is 1. The van der Waals surface area contributed by atoms with E-state index in [4.69, 9.17) is 10.8 Å². The molecule has 13 heteroatoms. The Morgan fingerprint density at radius 2 is 1.70 bits per heavy atom. The maximum absolute atomic E-state index is 13.0. The summed E-state index contributed by atoms with van der Waals surface area (Å²) in [5.41, 5.74) is 6.09. The SMILES string of the molecule is CSCCC(NC(=O)C(Cc1cnc[nH]1)NC(=O)C(CC(C)C)NC(=O)C(N)CO)C(=O)O. The zero-order valence-corrected chi connectivity index (χ0v) is 19.9. The first-order valence-electron chi connectivity index (χ1n) is 10.6. The number of carboxylic acid groups (broad SMARTS) is 1. The molecule has 1 aromatic rings. The van der Waals surface area contributed by atoms with Crippen LogP contribution in [0, 0.1) is 5.92 Å². The topological polar surface area (TPSA) is 200 Å². The second-order valence-electron chi connectivity index (χ2n) is 8.00. The molecule has 0 spiro atoms. The Kier molecular flexibility index (Phi) is 12.5. The molecule has 0 saturated carbocycles. The smallest absolute Gasteiger partial charge is 0.326 e. The Morgan fingerprint density at radius 3 is 2.21 bits per heavy atom. The van der Waals surface area contributed by atoms with E-state index in [-0.39, 0.29) is 25.2 Å². The molecule has 12 nitrogen and oxygen atoms in total. The maximum Gasteiger partial charge on any atom is 0.326 e. The van der Waals surface area contributed by atoms with Gasteiger partial charge < -0.3 is 36.9 Å². The van der Waals surface area contributed by atoms with Gasteiger partial charge in [-0.05, 0) is 30.8 Å². The fourth-order valence-corrected chi connectivity index (χ4v) is 3.40. The standard InChI is InChI=1S/C20H34N6O6S/c1-11(2)6-15(25-17(28)13(21)9-27)18(29)26-16(7-12-8-22-10-23-12)19(30)24-14(20(31)32)4-5-33-3/h8,10-11,13-16,27H,4-7,9,21H2,1-3H3,(H,22,23)(H,24,30)(H,25,28)(H,26,29)(H,31,32). The molecule has 0 fully saturated rings. The highest BCUT2D eigenvalue weighted by atomic mass is 32.2. The molecular weight excluding hydrogens is 452 g/mol. The van der Waals surface area contributed by atoms with Crippen molar-refractivity contribution in [3.05, 3.63) is 18.2 Å². The number of amides is 3. The number of aromatic nitrogens is 2. The number of hydrogen-bond donors (Lipinski definition) is 7. The Balaban J connectivity index is 3.03. The first-order valence-corrected chi connectivity index (χ1v) is 11.9. The molecular formula is C20H34N6O6S. The summed E-state index contributed by atoms with van der Waals surface area (Å²) in [5.74, 6) is -2.62. The van der Waals surface area contributed by atoms with Crippen LogP contribution in [0.2, 0.25) is 0 Å². The van der Waals surface area contributed by atoms with Gasteiger partial charge in [0.25, 0.3) is 0 Å². The van der Waals surface area contributed by atoms with Crippen molar-refractivity contribution in [2.75, 3.05) is 18.6 Å². The van der Waals surface area contributed by atoms with Crippen LogP contribution in [0.4, 0.5) is 0 Å². The third-order valence-electron chi connectivity index (χ3n) is 4.71. The maximum atomic E-state index is 13.0. The van der Waals surface area contributed by atoms with Gasteiger partial charge in [0.15, 0.2) is 0 Å². The van der Waals surface area contributed by atoms with E-state index in [0.717, 1.165) is 0 Å². The summed E-state index contributed by atoms with van der Waals surface area (Å²) in [6.07, 6.45) is 5.25. The number of hydrogen-bond acceptors (Lipinski definition) is 8. The van der Waals surface area contributed by atoms with Gasteiger partial charge in [-0.3, -0.25) is 14.4 Å². The summed E-state index contributed by atoms with van der Waals surface area (Å²) in [6, 6.07) is -4.42. The number of nitrogens with zero attached hydrogens (tertiary/aromatic N) is 1. The van der Waals surface area contributed by atoms with Crippen LogP contribution in [0.3, 0.4) is 0 Å². The van der Waals surface area contributed by atoms with E-state index in [1.165, 1.54) is 24.3 Å². The molecule has 0 saturated heterocycles. The second kappa shape index (κ2) is 14.5. The van der Waals surface area contributed by atoms with Gasteiger partial charge in [-0.1, -0.05) is 13.8 Å². The molecule has 0 bridgehead atoms. The average Bonchev–Trinajstić information content (AvgIpc) is 3.27. The van der Waals surface area contributed by atoms with Gasteiger partial charge in [0.05, 0.1) is 12.9 Å². The zero-order valence-electron chi connectivity index (χ0n) is 19.0. The Bertz CT molecular complexity index is 775. The molecule has 8 N–H and O–H groups in total. The van der Waals surface area contributed by atoms with E-state index in [1.807, 2.05) is 20.1 Å². The van der Waals surface area contributed by atoms with Gasteiger partial charge in [0, 0.05) is 18.3 Å². The molecule has 0 aliphatic rings. The lowest BCUT2D eigenvalue weighted by Crippen LogP contribution is -2.58. The zero-order chi connectivity index (χ0) is 25.0. The molecule has 4 atom stereocenters. The monoisotopic (exact) mass is 486 g/mol. The molecule has 186 valence electrons. The molecule has 1 aromatic heterocycles. The normalized spacial score (nSPS) is 14.7. The lowest BCUT2D eigenvalue weighted by molar-refractivity contribution is -0.142. The lowest BCUT2D eigenvalue weighted by atomic mass is 10.0. The summed E-state index contributed by atoms with van der Waals surface area (Å²) in [7, 11) is 0. The molecule has 33 heavy (non-hydrogen) atoms. The third kappa shape index (κ3) is 10.2. The number of thioether (sulfide) groups is 1. The number of H-pyrrole nitrogens is 1. The van der Waals surface area contributed by atoms with Crippen LogP contribution in [0.5, 0.6) is 0 Å². The van der Waals surface area contributed by atoms with Gasteiger partial charge in [0.1, 0.15) is 24.2 Å². The number of aromatic amines is 1. The lowest BCUT2D eigenvalue weighted by Gasteiger charge is -2.25. The van der Waals surface area contributed by atoms with Gasteiger partial charge >= 0.3 is 5.97 Å². The highest BCUT2D eigenvalue weighted by Gasteiger charge is 2.31. The van der Waals surface area contributed by atoms with Crippen molar-refractivity contribution in [1.29, 1.82) is 0 Å². The Labute approximate surface area is 196 Å². The average molecular weight is 487 g/mol. The van der Waals surface area contributed by atoms with Crippen LogP contribution in [0.15, 0.2) is 12.5 Å². The van der Waals surface area contributed by atoms with Crippen molar-refractivity contribution < 1.29 is 29.4 Å². The van der Waals surface area contributed by atoms with Gasteiger partial charge in [0.2, 0.25) is 17.7 Å². The Morgan fingerprint density at radius 1 is 1.09 bits per heavy atom. The number of nitrogens with two attached hydrogens (primary N) is 1. The summed E-state index contributed by atoms with van der Waals surface area (Å²) in [6.45, 7) is 3.13. The minimum absolute atomic E-state index is 0.0224. The van der Waals surface area contributed by atoms with Crippen molar-refractivity contribution in [2.24, 2.45) is 11.7 Å². The van der Waals surface area contributed by atoms with E-state index in [0.29, 0.717) is 11.4 Å². The van der Waals surface area contributed by atoms with Crippen molar-refractivity contribution in [3.8, 4) is 0 Å². The molecule has 0 radical (unpaired) electrons. The molecule has 3 amide bonds. The number of carbonyl (C=O) groups is 4. The van der Waals surface area contributed by atoms with E-state index < -0.39 is 54.5 Å². The van der Waals surface area contributed by atoms with Crippen molar-refractivity contribution in [3.63, 3.8) is 0 Å². The number of imidazole rings is 1. The molecule has 0 aromatic carbocycles. The van der Waals surface area contributed by atoms with Crippen molar-refractivity contribution in [2.45, 2.75) is 57.3 Å². The van der Waals surface area contributed by atoms with Crippen LogP contribution in [-0.4, -0.2) is 86.7 Å². The predicted molar refractivity (Wildman–Crippen MR) is 123 cm³/mol. The van der Waals surface area contributed by atoms with Crippen LogP contribution in [-0.2, 0) is 25.6 Å². The van der Waals surface area contributed by atoms with Gasteiger partial charge in [-0.25, -0.2) is 9.78 Å². The van der Waals surface area contributed by atoms with Crippen molar-refractivity contribution in [1.82, 2.24) is 25.9 Å². The third-order valence-corrected chi connectivity index (χ3v) is 5.35. The minimum atomic E-state index is -1.19. The largest absolute Gasteiger partial charge is 0.480 e. The fourth-order valence-electron chi connectivity index (χ4n) is 2.93. The first-order chi connectivity index (χ1) is 15.6. The summed E-state index contributed by atoms with van der Waals surface area (Å²) >= 11 is 1.45. The fraction of sp³-hybridized carbons (Fsp3) is 0.650. The van der Waals surface area contributed by atoms with Crippen molar-refractivity contribution >= 4 is 35.5 Å². The summed E-state index contributed by atoms with van der Waals surface area (Å²) in [5, 5.41) is 26.1. The predicted octanol–water partition coefficient (Wildman–Crippen LogP) is -1.39. The first kappa shape index (κ1) is 28.4. The number of carbonyl (C=O) groups excluding carboxylic acids is 3. The van der Waals surface area contributed by atoms with Gasteiger partial charge in [-0.2, -0.15) is 11.8 Å². The van der Waals surface area contributed by atoms with E-state index >= 15 is 0 Å². The highest BCUT2D eigenvalue weighted by molar-refractivity contribution is 7.98. The van der Waals surface area contributed by atoms with Crippen LogP contribution >= 0.6 is 11.8 Å². The molecule has 1 rings (SSSR count). The van der Waals surface area contributed by atoms with E-state index in [2.05, 4.69) is 25.9 Å². The highest BCUT2D eigenvalue weighted by Crippen LogP contribution is 2.08. The Hall–Kier alpha value is -2.64. The van der Waals surface area contributed by atoms with Gasteiger partial charge in [-0.15, -0.1) is 0 Å². The summed E-state index contributed by atoms with van der Waals surface area (Å²) in [4.78, 5) is 56.4. The summed E-state index contributed by atoms with van der Waals surface area (Å²) < 4.78 is 0. The molecule has 0 aliphatic carbocycles. The molecule has 1 heterocycles. The number of nitrogens with one attached hydrogen (secondary N) is 4. The van der Waals surface area contributed by atoms with E-state index in [9.17, 15) is 24.3 Å². The molecule has 0 aliphatic heterocycles. The minimum Gasteiger partial charge on any atom is -0.480 e. The molecule has 4 unspecified atom stereocenters. The quantitative estimate of drug-likeness (QED) is 0.156.